The number of nitrogens with one attached hydrogen (secondary N) is 1. The van der Waals surface area contributed by atoms with Crippen molar-refractivity contribution >= 4 is 39.0 Å². The van der Waals surface area contributed by atoms with Gasteiger partial charge < -0.3 is 5.32 Å². The topological polar surface area (TPSA) is 84.3 Å². The molecule has 0 fully saturated rings. The van der Waals surface area contributed by atoms with Gasteiger partial charge in [0, 0.05) is 23.7 Å². The van der Waals surface area contributed by atoms with Crippen molar-refractivity contribution in [2.45, 2.75) is 11.4 Å². The highest BCUT2D eigenvalue weighted by atomic mass is 35.5. The van der Waals surface area contributed by atoms with Gasteiger partial charge in [-0.15, -0.1) is 0 Å². The number of carbonyl (C=O) groups is 1. The van der Waals surface area contributed by atoms with Gasteiger partial charge in [0.25, 0.3) is 15.9 Å². The third-order valence-electron chi connectivity index (χ3n) is 5.13. The van der Waals surface area contributed by atoms with E-state index in [4.69, 9.17) is 11.6 Å². The van der Waals surface area contributed by atoms with Gasteiger partial charge >= 0.3 is 0 Å². The molecule has 4 aromatic rings. The van der Waals surface area contributed by atoms with E-state index in [1.807, 2.05) is 24.3 Å². The molecule has 4 rings (SSSR count). The van der Waals surface area contributed by atoms with Crippen molar-refractivity contribution < 1.29 is 13.2 Å². The van der Waals surface area contributed by atoms with Crippen LogP contribution in [0.5, 0.6) is 0 Å². The van der Waals surface area contributed by atoms with Gasteiger partial charge in [-0.05, 0) is 48.0 Å². The molecule has 3 aromatic carbocycles. The predicted molar refractivity (Wildman–Crippen MR) is 129 cm³/mol. The van der Waals surface area contributed by atoms with Crippen LogP contribution in [0.25, 0.3) is 0 Å². The van der Waals surface area contributed by atoms with Crippen molar-refractivity contribution in [2.24, 2.45) is 0 Å². The lowest BCUT2D eigenvalue weighted by atomic mass is 10.2. The Morgan fingerprint density at radius 3 is 2.33 bits per heavy atom. The van der Waals surface area contributed by atoms with Crippen LogP contribution in [0.3, 0.4) is 0 Å². The maximum Gasteiger partial charge on any atom is 0.264 e. The molecule has 0 saturated carbocycles. The molecule has 7 nitrogen and oxygen atoms in total. The molecule has 0 unspecified atom stereocenters. The molecule has 0 aliphatic carbocycles. The zero-order valence-corrected chi connectivity index (χ0v) is 19.3. The molecule has 0 bridgehead atoms. The van der Waals surface area contributed by atoms with Crippen molar-refractivity contribution in [2.75, 3.05) is 16.7 Å². The number of sulfonamides is 1. The zero-order chi connectivity index (χ0) is 23.4. The van der Waals surface area contributed by atoms with Gasteiger partial charge in [-0.2, -0.15) is 5.10 Å². The predicted octanol–water partition coefficient (Wildman–Crippen LogP) is 4.66. The van der Waals surface area contributed by atoms with Crippen LogP contribution < -0.4 is 9.62 Å². The number of rotatable bonds is 7. The van der Waals surface area contributed by atoms with Crippen LogP contribution in [-0.4, -0.2) is 31.2 Å². The Balaban J connectivity index is 1.49. The van der Waals surface area contributed by atoms with E-state index in [0.29, 0.717) is 28.6 Å². The first-order valence-electron chi connectivity index (χ1n) is 10.1. The number of aromatic nitrogens is 2. The van der Waals surface area contributed by atoms with Crippen LogP contribution in [0.1, 0.15) is 15.9 Å². The Kier molecular flexibility index (Phi) is 6.48. The molecule has 1 amide bonds. The van der Waals surface area contributed by atoms with E-state index in [0.717, 1.165) is 5.56 Å². The monoisotopic (exact) mass is 480 g/mol. The van der Waals surface area contributed by atoms with Crippen molar-refractivity contribution in [1.29, 1.82) is 0 Å². The molecule has 0 aliphatic heterocycles. The Morgan fingerprint density at radius 1 is 0.970 bits per heavy atom. The van der Waals surface area contributed by atoms with Crippen molar-refractivity contribution in [3.05, 3.63) is 107 Å². The van der Waals surface area contributed by atoms with Crippen molar-refractivity contribution in [3.63, 3.8) is 0 Å². The summed E-state index contributed by atoms with van der Waals surface area (Å²) in [7, 11) is -2.26. The van der Waals surface area contributed by atoms with Crippen molar-refractivity contribution in [1.82, 2.24) is 9.78 Å². The molecular weight excluding hydrogens is 460 g/mol. The van der Waals surface area contributed by atoms with E-state index >= 15 is 0 Å². The number of nitrogens with zero attached hydrogens (tertiary/aromatic N) is 3. The molecule has 33 heavy (non-hydrogen) atoms. The fraction of sp³-hybridized carbons (Fsp3) is 0.0833. The quantitative estimate of drug-likeness (QED) is 0.417. The summed E-state index contributed by atoms with van der Waals surface area (Å²) in [6.07, 6.45) is 1.58. The number of para-hydroxylation sites is 1. The number of halogens is 1. The lowest BCUT2D eigenvalue weighted by Gasteiger charge is -2.19. The largest absolute Gasteiger partial charge is 0.307 e. The Morgan fingerprint density at radius 2 is 1.64 bits per heavy atom. The molecule has 1 N–H and O–H groups in total. The average molecular weight is 481 g/mol. The van der Waals surface area contributed by atoms with Crippen LogP contribution in [0.15, 0.2) is 96.0 Å². The summed E-state index contributed by atoms with van der Waals surface area (Å²) >= 11 is 6.23. The van der Waals surface area contributed by atoms with E-state index in [-0.39, 0.29) is 10.8 Å². The number of hydrogen-bond donors (Lipinski definition) is 1. The standard InChI is InChI=1S/C24H21ClN4O3S/c1-28(20-8-3-2-4-9-20)33(31,32)21-13-11-18(12-14-21)24(30)27-23-15-16-26-29(23)17-19-7-5-6-10-22(19)25/h2-16H,17H2,1H3,(H,27,30). The first kappa shape index (κ1) is 22.6. The Hall–Kier alpha value is -3.62. The number of carbonyl (C=O) groups excluding carboxylic acids is 1. The number of hydrogen-bond acceptors (Lipinski definition) is 4. The molecule has 0 saturated heterocycles. The molecule has 9 heteroatoms. The maximum atomic E-state index is 12.9. The third kappa shape index (κ3) is 4.92. The molecule has 1 heterocycles. The fourth-order valence-electron chi connectivity index (χ4n) is 3.25. The summed E-state index contributed by atoms with van der Waals surface area (Å²) in [6.45, 7) is 0.394. The Bertz CT molecular complexity index is 1370. The van der Waals surface area contributed by atoms with Gasteiger partial charge in [0.05, 0.1) is 23.3 Å². The number of benzene rings is 3. The smallest absolute Gasteiger partial charge is 0.264 e. The van der Waals surface area contributed by atoms with E-state index in [2.05, 4.69) is 10.4 Å². The molecule has 0 radical (unpaired) electrons. The second-order valence-corrected chi connectivity index (χ2v) is 9.63. The lowest BCUT2D eigenvalue weighted by molar-refractivity contribution is 0.102. The van der Waals surface area contributed by atoms with E-state index in [1.165, 1.54) is 35.6 Å². The van der Waals surface area contributed by atoms with Gasteiger partial charge in [0.2, 0.25) is 0 Å². The molecular formula is C24H21ClN4O3S. The fourth-order valence-corrected chi connectivity index (χ4v) is 4.65. The molecule has 1 aromatic heterocycles. The summed E-state index contributed by atoms with van der Waals surface area (Å²) in [5.74, 6) is 0.122. The van der Waals surface area contributed by atoms with Gasteiger partial charge in [-0.25, -0.2) is 13.1 Å². The maximum absolute atomic E-state index is 12.9. The van der Waals surface area contributed by atoms with Crippen LogP contribution in [-0.2, 0) is 16.6 Å². The summed E-state index contributed by atoms with van der Waals surface area (Å²) in [6, 6.07) is 23.7. The van der Waals surface area contributed by atoms with Crippen LogP contribution in [0.4, 0.5) is 11.5 Å². The third-order valence-corrected chi connectivity index (χ3v) is 7.30. The number of anilines is 2. The Labute approximate surface area is 197 Å². The minimum atomic E-state index is -3.75. The molecule has 168 valence electrons. The summed E-state index contributed by atoms with van der Waals surface area (Å²) in [5.41, 5.74) is 1.74. The van der Waals surface area contributed by atoms with E-state index < -0.39 is 10.0 Å². The van der Waals surface area contributed by atoms with Crippen LogP contribution in [0.2, 0.25) is 5.02 Å². The summed E-state index contributed by atoms with van der Waals surface area (Å²) in [5, 5.41) is 7.68. The molecule has 0 atom stereocenters. The highest BCUT2D eigenvalue weighted by molar-refractivity contribution is 7.92. The first-order chi connectivity index (χ1) is 15.9. The van der Waals surface area contributed by atoms with Gasteiger partial charge in [0.15, 0.2) is 0 Å². The zero-order valence-electron chi connectivity index (χ0n) is 17.7. The van der Waals surface area contributed by atoms with Crippen LogP contribution in [0, 0.1) is 0 Å². The van der Waals surface area contributed by atoms with Crippen LogP contribution >= 0.6 is 11.6 Å². The minimum Gasteiger partial charge on any atom is -0.307 e. The van der Waals surface area contributed by atoms with Gasteiger partial charge in [-0.1, -0.05) is 48.0 Å². The lowest BCUT2D eigenvalue weighted by Crippen LogP contribution is -2.26. The summed E-state index contributed by atoms with van der Waals surface area (Å²) < 4.78 is 28.7. The highest BCUT2D eigenvalue weighted by Gasteiger charge is 2.21. The van der Waals surface area contributed by atoms with Crippen molar-refractivity contribution in [3.8, 4) is 0 Å². The average Bonchev–Trinajstić information content (AvgIpc) is 3.27. The first-order valence-corrected chi connectivity index (χ1v) is 11.9. The summed E-state index contributed by atoms with van der Waals surface area (Å²) in [4.78, 5) is 12.9. The highest BCUT2D eigenvalue weighted by Crippen LogP contribution is 2.22. The second kappa shape index (κ2) is 9.48. The normalized spacial score (nSPS) is 11.2. The van der Waals surface area contributed by atoms with E-state index in [9.17, 15) is 13.2 Å². The van der Waals surface area contributed by atoms with E-state index in [1.54, 1.807) is 47.3 Å². The minimum absolute atomic E-state index is 0.0918. The van der Waals surface area contributed by atoms with Gasteiger partial charge in [-0.3, -0.25) is 9.10 Å². The molecule has 0 aliphatic rings. The molecule has 0 spiro atoms. The van der Waals surface area contributed by atoms with Gasteiger partial charge in [0.1, 0.15) is 5.82 Å². The second-order valence-electron chi connectivity index (χ2n) is 7.25. The number of amides is 1. The SMILES string of the molecule is CN(c1ccccc1)S(=O)(=O)c1ccc(C(=O)Nc2ccnn2Cc2ccccc2Cl)cc1.